The van der Waals surface area contributed by atoms with Crippen molar-refractivity contribution in [3.8, 4) is 0 Å². The van der Waals surface area contributed by atoms with Crippen LogP contribution in [0.3, 0.4) is 0 Å². The lowest BCUT2D eigenvalue weighted by molar-refractivity contribution is 0.103. The van der Waals surface area contributed by atoms with Crippen molar-refractivity contribution in [2.75, 3.05) is 7.11 Å². The van der Waals surface area contributed by atoms with Gasteiger partial charge < -0.3 is 14.4 Å². The molecule has 0 saturated heterocycles. The van der Waals surface area contributed by atoms with Crippen LogP contribution in [0.5, 0.6) is 0 Å². The van der Waals surface area contributed by atoms with Crippen molar-refractivity contribution in [1.29, 1.82) is 0 Å². The molecule has 0 fully saturated rings. The van der Waals surface area contributed by atoms with Crippen molar-refractivity contribution in [3.63, 3.8) is 0 Å². The monoisotopic (exact) mass is 356 g/mol. The second kappa shape index (κ2) is 7.75. The topological polar surface area (TPSA) is 93.0 Å². The lowest BCUT2D eigenvalue weighted by atomic mass is 10.0. The number of benzene rings is 1. The highest BCUT2D eigenvalue weighted by molar-refractivity contribution is 6.05. The number of ketones is 1. The molecular formula is C18H17FN4O3. The fourth-order valence-electron chi connectivity index (χ4n) is 2.57. The fourth-order valence-corrected chi connectivity index (χ4v) is 2.57. The van der Waals surface area contributed by atoms with Gasteiger partial charge in [0.25, 0.3) is 0 Å². The summed E-state index contributed by atoms with van der Waals surface area (Å²) in [7, 11) is 1.56. The first-order valence-corrected chi connectivity index (χ1v) is 7.79. The number of nitrogens with one attached hydrogen (secondary N) is 1. The third-order valence-electron chi connectivity index (χ3n) is 3.74. The molecule has 0 bridgehead atoms. The van der Waals surface area contributed by atoms with Crippen molar-refractivity contribution >= 4 is 11.5 Å². The van der Waals surface area contributed by atoms with Crippen LogP contribution in [-0.4, -0.2) is 37.7 Å². The van der Waals surface area contributed by atoms with E-state index in [4.69, 9.17) is 4.74 Å². The molecule has 2 heterocycles. The Kier molecular flexibility index (Phi) is 5.23. The van der Waals surface area contributed by atoms with Crippen LogP contribution in [0.2, 0.25) is 0 Å². The maximum atomic E-state index is 13.1. The fraction of sp³-hybridized carbons (Fsp3) is 0.167. The largest absolute Gasteiger partial charge is 0.507 e. The Bertz CT molecular complexity index is 915. The number of carbonyl (C=O) groups excluding carboxylic acids is 1. The summed E-state index contributed by atoms with van der Waals surface area (Å²) in [6.07, 6.45) is 6.25. The summed E-state index contributed by atoms with van der Waals surface area (Å²) in [6, 6.07) is 6.11. The summed E-state index contributed by atoms with van der Waals surface area (Å²) < 4.78 is 19.9. The van der Waals surface area contributed by atoms with Gasteiger partial charge in [0, 0.05) is 31.1 Å². The molecule has 1 aromatic carbocycles. The number of aliphatic hydroxyl groups excluding tert-OH is 1. The van der Waals surface area contributed by atoms with Crippen LogP contribution < -0.4 is 0 Å². The Morgan fingerprint density at radius 3 is 2.77 bits per heavy atom. The van der Waals surface area contributed by atoms with Crippen LogP contribution in [0.4, 0.5) is 4.39 Å². The lowest BCUT2D eigenvalue weighted by Crippen LogP contribution is -2.00. The van der Waals surface area contributed by atoms with Gasteiger partial charge in [-0.3, -0.25) is 9.89 Å². The average molecular weight is 356 g/mol. The first-order valence-electron chi connectivity index (χ1n) is 7.79. The zero-order valence-corrected chi connectivity index (χ0v) is 14.0. The number of H-pyrrole nitrogens is 1. The lowest BCUT2D eigenvalue weighted by Gasteiger charge is -2.04. The number of rotatable bonds is 7. The molecule has 0 aliphatic rings. The number of aliphatic hydroxyl groups is 1. The van der Waals surface area contributed by atoms with Crippen LogP contribution in [0.15, 0.2) is 49.1 Å². The zero-order valence-electron chi connectivity index (χ0n) is 14.0. The number of allylic oxidation sites excluding steroid dienone is 1. The summed E-state index contributed by atoms with van der Waals surface area (Å²) in [5.41, 5.74) is 2.13. The van der Waals surface area contributed by atoms with E-state index in [1.54, 1.807) is 30.0 Å². The molecule has 0 atom stereocenters. The van der Waals surface area contributed by atoms with Gasteiger partial charge in [0.1, 0.15) is 24.6 Å². The number of aromatic nitrogens is 4. The summed E-state index contributed by atoms with van der Waals surface area (Å²) in [6.45, 7) is 0.291. The maximum absolute atomic E-state index is 13.1. The van der Waals surface area contributed by atoms with E-state index in [0.29, 0.717) is 18.7 Å². The molecule has 3 aromatic rings. The van der Waals surface area contributed by atoms with Crippen molar-refractivity contribution in [2.45, 2.75) is 13.2 Å². The summed E-state index contributed by atoms with van der Waals surface area (Å²) in [4.78, 5) is 15.8. The molecule has 0 spiro atoms. The van der Waals surface area contributed by atoms with Gasteiger partial charge >= 0.3 is 0 Å². The molecular weight excluding hydrogens is 339 g/mol. The SMILES string of the molecule is COCn1cc(Cc2ccc(F)cc2)c(/C(O)=C\C(=O)c2ncn[nH]2)c1. The molecule has 0 radical (unpaired) electrons. The number of ether oxygens (including phenoxy) is 1. The Morgan fingerprint density at radius 1 is 1.35 bits per heavy atom. The Morgan fingerprint density at radius 2 is 2.12 bits per heavy atom. The van der Waals surface area contributed by atoms with Crippen molar-refractivity contribution in [2.24, 2.45) is 0 Å². The third kappa shape index (κ3) is 4.04. The van der Waals surface area contributed by atoms with Crippen molar-refractivity contribution in [3.05, 3.63) is 77.4 Å². The molecule has 8 heteroatoms. The molecule has 2 aromatic heterocycles. The zero-order chi connectivity index (χ0) is 18.5. The highest BCUT2D eigenvalue weighted by atomic mass is 19.1. The number of carbonyl (C=O) groups is 1. The number of hydrogen-bond acceptors (Lipinski definition) is 5. The number of halogens is 1. The minimum Gasteiger partial charge on any atom is -0.507 e. The molecule has 0 saturated carbocycles. The molecule has 7 nitrogen and oxygen atoms in total. The van der Waals surface area contributed by atoms with E-state index in [9.17, 15) is 14.3 Å². The van der Waals surface area contributed by atoms with E-state index in [2.05, 4.69) is 15.2 Å². The third-order valence-corrected chi connectivity index (χ3v) is 3.74. The number of methoxy groups -OCH3 is 1. The van der Waals surface area contributed by atoms with E-state index in [1.807, 2.05) is 6.20 Å². The second-order valence-corrected chi connectivity index (χ2v) is 5.66. The normalized spacial score (nSPS) is 11.7. The minimum atomic E-state index is -0.493. The molecule has 134 valence electrons. The molecule has 26 heavy (non-hydrogen) atoms. The van der Waals surface area contributed by atoms with Crippen LogP contribution in [-0.2, 0) is 17.9 Å². The Hall–Kier alpha value is -3.26. The summed E-state index contributed by atoms with van der Waals surface area (Å²) in [5, 5.41) is 16.5. The van der Waals surface area contributed by atoms with E-state index < -0.39 is 5.78 Å². The van der Waals surface area contributed by atoms with Crippen molar-refractivity contribution < 1.29 is 19.0 Å². The highest BCUT2D eigenvalue weighted by Crippen LogP contribution is 2.22. The molecule has 0 aliphatic heterocycles. The van der Waals surface area contributed by atoms with Crippen LogP contribution in [0.1, 0.15) is 27.3 Å². The Labute approximate surface area is 148 Å². The quantitative estimate of drug-likeness (QED) is 0.386. The molecule has 0 unspecified atom stereocenters. The standard InChI is InChI=1S/C18H17FN4O3/c1-26-11-23-8-13(6-12-2-4-14(19)5-3-12)15(9-23)16(24)7-17(25)18-20-10-21-22-18/h2-5,7-10,24H,6,11H2,1H3,(H,20,21,22)/b16-7+. The van der Waals surface area contributed by atoms with Crippen molar-refractivity contribution in [1.82, 2.24) is 19.7 Å². The van der Waals surface area contributed by atoms with E-state index in [1.165, 1.54) is 18.5 Å². The number of aromatic amines is 1. The average Bonchev–Trinajstić information content (AvgIpc) is 3.27. The second-order valence-electron chi connectivity index (χ2n) is 5.66. The van der Waals surface area contributed by atoms with Gasteiger partial charge in [-0.15, -0.1) is 0 Å². The predicted molar refractivity (Wildman–Crippen MR) is 92.0 cm³/mol. The molecule has 0 aliphatic carbocycles. The van der Waals surface area contributed by atoms with Crippen LogP contribution >= 0.6 is 0 Å². The number of hydrogen-bond donors (Lipinski definition) is 2. The van der Waals surface area contributed by atoms with Gasteiger partial charge in [0.2, 0.25) is 5.78 Å². The van der Waals surface area contributed by atoms with Crippen LogP contribution in [0.25, 0.3) is 5.76 Å². The highest BCUT2D eigenvalue weighted by Gasteiger charge is 2.15. The Balaban J connectivity index is 1.91. The first-order chi connectivity index (χ1) is 12.6. The minimum absolute atomic E-state index is 0.0351. The first kappa shape index (κ1) is 17.6. The molecule has 3 rings (SSSR count). The molecule has 0 amide bonds. The van der Waals surface area contributed by atoms with Gasteiger partial charge in [-0.05, 0) is 29.7 Å². The van der Waals surface area contributed by atoms with Gasteiger partial charge in [-0.1, -0.05) is 12.1 Å². The number of nitrogens with zero attached hydrogens (tertiary/aromatic N) is 3. The van der Waals surface area contributed by atoms with Gasteiger partial charge in [0.05, 0.1) is 0 Å². The van der Waals surface area contributed by atoms with Gasteiger partial charge in [-0.2, -0.15) is 5.10 Å². The van der Waals surface area contributed by atoms with Crippen LogP contribution in [0, 0.1) is 5.82 Å². The van der Waals surface area contributed by atoms with Gasteiger partial charge in [0.15, 0.2) is 5.82 Å². The van der Waals surface area contributed by atoms with Gasteiger partial charge in [-0.25, -0.2) is 9.37 Å². The van der Waals surface area contributed by atoms with E-state index >= 15 is 0 Å². The molecule has 2 N–H and O–H groups in total. The predicted octanol–water partition coefficient (Wildman–Crippen LogP) is 2.72. The summed E-state index contributed by atoms with van der Waals surface area (Å²) >= 11 is 0. The summed E-state index contributed by atoms with van der Waals surface area (Å²) in [5.74, 6) is -0.968. The maximum Gasteiger partial charge on any atom is 0.226 e. The smallest absolute Gasteiger partial charge is 0.226 e. The van der Waals surface area contributed by atoms with E-state index in [0.717, 1.165) is 17.2 Å². The van der Waals surface area contributed by atoms with E-state index in [-0.39, 0.29) is 17.4 Å².